The van der Waals surface area contributed by atoms with E-state index in [0.717, 1.165) is 24.8 Å². The van der Waals surface area contributed by atoms with Gasteiger partial charge in [0.25, 0.3) is 0 Å². The van der Waals surface area contributed by atoms with E-state index in [-0.39, 0.29) is 12.4 Å². The fourth-order valence-electron chi connectivity index (χ4n) is 6.25. The average molecular weight is 414 g/mol. The summed E-state index contributed by atoms with van der Waals surface area (Å²) in [6, 6.07) is 11.9. The molecular formula is C24H32ClN3O. The topological polar surface area (TPSA) is 37.4 Å². The monoisotopic (exact) mass is 413 g/mol. The minimum Gasteiger partial charge on any atom is -0.383 e. The highest BCUT2D eigenvalue weighted by Gasteiger charge is 2.53. The van der Waals surface area contributed by atoms with Crippen molar-refractivity contribution in [2.24, 2.45) is 5.92 Å². The largest absolute Gasteiger partial charge is 0.383 e. The molecule has 3 aliphatic rings. The van der Waals surface area contributed by atoms with Crippen LogP contribution in [0.5, 0.6) is 0 Å². The zero-order valence-corrected chi connectivity index (χ0v) is 18.1. The molecule has 1 aromatic heterocycles. The summed E-state index contributed by atoms with van der Waals surface area (Å²) in [6.07, 6.45) is 11.7. The molecule has 2 aromatic rings. The van der Waals surface area contributed by atoms with Gasteiger partial charge in [0.05, 0.1) is 6.61 Å². The molecule has 2 bridgehead atoms. The summed E-state index contributed by atoms with van der Waals surface area (Å²) in [5.41, 5.74) is 5.92. The molecule has 1 saturated heterocycles. The first-order valence-corrected chi connectivity index (χ1v) is 10.8. The van der Waals surface area contributed by atoms with E-state index in [1.165, 1.54) is 50.8 Å². The number of halogens is 1. The minimum absolute atomic E-state index is 0. The van der Waals surface area contributed by atoms with E-state index in [0.29, 0.717) is 11.5 Å². The Morgan fingerprint density at radius 1 is 1.14 bits per heavy atom. The van der Waals surface area contributed by atoms with Crippen molar-refractivity contribution < 1.29 is 4.74 Å². The van der Waals surface area contributed by atoms with Gasteiger partial charge in [-0.25, -0.2) is 0 Å². The molecule has 0 spiro atoms. The van der Waals surface area contributed by atoms with Crippen molar-refractivity contribution in [3.05, 3.63) is 53.9 Å². The molecule has 1 aliphatic heterocycles. The van der Waals surface area contributed by atoms with Gasteiger partial charge < -0.3 is 10.1 Å². The molecule has 0 unspecified atom stereocenters. The van der Waals surface area contributed by atoms with Crippen LogP contribution in [-0.2, 0) is 16.6 Å². The van der Waals surface area contributed by atoms with Crippen molar-refractivity contribution in [3.63, 3.8) is 0 Å². The molecule has 3 atom stereocenters. The van der Waals surface area contributed by atoms with Gasteiger partial charge in [0.15, 0.2) is 0 Å². The molecule has 2 heterocycles. The first kappa shape index (κ1) is 20.6. The highest BCUT2D eigenvalue weighted by molar-refractivity contribution is 5.85. The van der Waals surface area contributed by atoms with Crippen molar-refractivity contribution in [3.8, 4) is 0 Å². The number of nitrogens with zero attached hydrogens (tertiary/aromatic N) is 2. The lowest BCUT2D eigenvalue weighted by atomic mass is 9.52. The Bertz CT molecular complexity index is 830. The van der Waals surface area contributed by atoms with E-state index in [1.54, 1.807) is 11.1 Å². The number of pyridine rings is 1. The van der Waals surface area contributed by atoms with Gasteiger partial charge in [0, 0.05) is 48.9 Å². The number of methoxy groups -OCH3 is 1. The van der Waals surface area contributed by atoms with Gasteiger partial charge in [0.1, 0.15) is 0 Å². The summed E-state index contributed by atoms with van der Waals surface area (Å²) in [4.78, 5) is 6.85. The predicted octanol–water partition coefficient (Wildman–Crippen LogP) is 4.95. The molecule has 2 aliphatic carbocycles. The number of rotatable bonds is 5. The lowest BCUT2D eigenvalue weighted by molar-refractivity contribution is -0.0205. The predicted molar refractivity (Wildman–Crippen MR) is 120 cm³/mol. The summed E-state index contributed by atoms with van der Waals surface area (Å²) in [7, 11) is 1.82. The number of hydrogen-bond donors (Lipinski definition) is 1. The summed E-state index contributed by atoms with van der Waals surface area (Å²) in [5.74, 6) is 0.801. The number of ether oxygens (including phenoxy) is 1. The Labute approximate surface area is 180 Å². The number of anilines is 2. The molecule has 29 heavy (non-hydrogen) atoms. The minimum atomic E-state index is 0. The molecule has 1 N–H and O–H groups in total. The fourth-order valence-corrected chi connectivity index (χ4v) is 6.25. The summed E-state index contributed by atoms with van der Waals surface area (Å²) < 4.78 is 5.40. The Hall–Kier alpha value is -1.62. The van der Waals surface area contributed by atoms with Gasteiger partial charge in [-0.05, 0) is 73.5 Å². The molecule has 0 radical (unpaired) electrons. The molecular weight excluding hydrogens is 382 g/mol. The Morgan fingerprint density at radius 3 is 2.83 bits per heavy atom. The number of likely N-dealkylation sites (tertiary alicyclic amines) is 1. The van der Waals surface area contributed by atoms with Gasteiger partial charge in [-0.1, -0.05) is 18.9 Å². The van der Waals surface area contributed by atoms with E-state index in [4.69, 9.17) is 4.74 Å². The van der Waals surface area contributed by atoms with Crippen molar-refractivity contribution in [2.75, 3.05) is 32.1 Å². The van der Waals surface area contributed by atoms with Crippen molar-refractivity contribution >= 4 is 23.8 Å². The molecule has 1 aromatic carbocycles. The zero-order valence-electron chi connectivity index (χ0n) is 17.3. The third-order valence-electron chi connectivity index (χ3n) is 7.50. The summed E-state index contributed by atoms with van der Waals surface area (Å²) in [6.45, 7) is 3.13. The molecule has 5 rings (SSSR count). The SMILES string of the molecule is COCCN1CC[C@]23CCCC[C@H]2[C@H]1Cc1ccc(Nc2ccncc2)cc13.Cl. The average Bonchev–Trinajstić information content (AvgIpc) is 2.74. The lowest BCUT2D eigenvalue weighted by Crippen LogP contribution is -2.61. The molecule has 4 nitrogen and oxygen atoms in total. The second kappa shape index (κ2) is 8.63. The highest BCUT2D eigenvalue weighted by Crippen LogP contribution is 2.56. The van der Waals surface area contributed by atoms with Crippen LogP contribution in [0.2, 0.25) is 0 Å². The van der Waals surface area contributed by atoms with E-state index in [1.807, 2.05) is 31.6 Å². The van der Waals surface area contributed by atoms with E-state index in [2.05, 4.69) is 33.4 Å². The van der Waals surface area contributed by atoms with Crippen molar-refractivity contribution in [1.29, 1.82) is 0 Å². The maximum absolute atomic E-state index is 5.40. The Morgan fingerprint density at radius 2 is 2.00 bits per heavy atom. The number of fused-ring (bicyclic) bond motifs is 1. The highest BCUT2D eigenvalue weighted by atomic mass is 35.5. The van der Waals surface area contributed by atoms with Crippen LogP contribution < -0.4 is 5.32 Å². The van der Waals surface area contributed by atoms with Crippen LogP contribution in [0.3, 0.4) is 0 Å². The van der Waals surface area contributed by atoms with Gasteiger partial charge in [-0.15, -0.1) is 12.4 Å². The summed E-state index contributed by atoms with van der Waals surface area (Å²) >= 11 is 0. The number of piperidine rings is 1. The van der Waals surface area contributed by atoms with E-state index >= 15 is 0 Å². The Kier molecular flexibility index (Phi) is 6.14. The lowest BCUT2D eigenvalue weighted by Gasteiger charge is -2.59. The second-order valence-electron chi connectivity index (χ2n) is 8.79. The van der Waals surface area contributed by atoms with Crippen LogP contribution in [0.25, 0.3) is 0 Å². The Balaban J connectivity index is 0.00000205. The number of nitrogens with one attached hydrogen (secondary N) is 1. The van der Waals surface area contributed by atoms with Crippen molar-refractivity contribution in [2.45, 2.75) is 50.0 Å². The molecule has 1 saturated carbocycles. The third-order valence-corrected chi connectivity index (χ3v) is 7.50. The smallest absolute Gasteiger partial charge is 0.0589 e. The maximum atomic E-state index is 5.40. The zero-order chi connectivity index (χ0) is 19.0. The normalized spacial score (nSPS) is 28.0. The van der Waals surface area contributed by atoms with Crippen LogP contribution in [0.4, 0.5) is 11.4 Å². The van der Waals surface area contributed by atoms with Crippen LogP contribution >= 0.6 is 12.4 Å². The second-order valence-corrected chi connectivity index (χ2v) is 8.79. The van der Waals surface area contributed by atoms with E-state index in [9.17, 15) is 0 Å². The first-order chi connectivity index (χ1) is 13.8. The fraction of sp³-hybridized carbons (Fsp3) is 0.542. The van der Waals surface area contributed by atoms with Crippen LogP contribution in [0.15, 0.2) is 42.7 Å². The van der Waals surface area contributed by atoms with Gasteiger partial charge in [-0.3, -0.25) is 9.88 Å². The molecule has 5 heteroatoms. The molecule has 0 amide bonds. The summed E-state index contributed by atoms with van der Waals surface area (Å²) in [5, 5.41) is 3.59. The first-order valence-electron chi connectivity index (χ1n) is 10.8. The standard InChI is InChI=1S/C24H31N3O.ClH/c1-28-15-14-27-13-10-24-9-3-2-4-21(24)23(27)16-18-5-6-20(17-22(18)24)26-19-7-11-25-12-8-19;/h5-8,11-12,17,21,23H,2-4,9-10,13-16H2,1H3,(H,25,26);1H/t21-,23+,24+;/m0./s1. The van der Waals surface area contributed by atoms with Gasteiger partial charge >= 0.3 is 0 Å². The van der Waals surface area contributed by atoms with Gasteiger partial charge in [0.2, 0.25) is 0 Å². The molecule has 2 fully saturated rings. The van der Waals surface area contributed by atoms with E-state index < -0.39 is 0 Å². The maximum Gasteiger partial charge on any atom is 0.0589 e. The van der Waals surface area contributed by atoms with Crippen LogP contribution in [-0.4, -0.2) is 42.7 Å². The number of hydrogen-bond acceptors (Lipinski definition) is 4. The quantitative estimate of drug-likeness (QED) is 0.752. The number of benzene rings is 1. The van der Waals surface area contributed by atoms with Crippen molar-refractivity contribution in [1.82, 2.24) is 9.88 Å². The van der Waals surface area contributed by atoms with Crippen LogP contribution in [0, 0.1) is 5.92 Å². The molecule has 156 valence electrons. The van der Waals surface area contributed by atoms with Gasteiger partial charge in [-0.2, -0.15) is 0 Å². The third kappa shape index (κ3) is 3.67. The van der Waals surface area contributed by atoms with Crippen LogP contribution in [0.1, 0.15) is 43.2 Å². The number of aromatic nitrogens is 1.